The molecule has 0 radical (unpaired) electrons. The van der Waals surface area contributed by atoms with Crippen molar-refractivity contribution in [2.45, 2.75) is 78.0 Å². The van der Waals surface area contributed by atoms with Crippen molar-refractivity contribution in [3.8, 4) is 5.75 Å². The van der Waals surface area contributed by atoms with E-state index in [2.05, 4.69) is 92.2 Å². The lowest BCUT2D eigenvalue weighted by atomic mass is 9.96. The van der Waals surface area contributed by atoms with E-state index in [1.807, 2.05) is 24.3 Å². The first-order valence-electron chi connectivity index (χ1n) is 10.8. The summed E-state index contributed by atoms with van der Waals surface area (Å²) in [5.74, 6) is 1.09. The van der Waals surface area contributed by atoms with Gasteiger partial charge in [0.15, 0.2) is 8.32 Å². The third-order valence-electron chi connectivity index (χ3n) is 6.01. The summed E-state index contributed by atoms with van der Waals surface area (Å²) in [6.45, 7) is 20.4. The minimum atomic E-state index is -1.95. The summed E-state index contributed by atoms with van der Waals surface area (Å²) in [5.41, 5.74) is 2.42. The summed E-state index contributed by atoms with van der Waals surface area (Å²) >= 11 is 7.18. The fourth-order valence-electron chi connectivity index (χ4n) is 2.94. The van der Waals surface area contributed by atoms with Crippen LogP contribution in [0.25, 0.3) is 0 Å². The molecule has 0 saturated heterocycles. The number of hydrogen-bond acceptors (Lipinski definition) is 3. The van der Waals surface area contributed by atoms with Crippen LogP contribution in [0.15, 0.2) is 47.0 Å². The van der Waals surface area contributed by atoms with Crippen LogP contribution in [0.1, 0.15) is 46.6 Å². The van der Waals surface area contributed by atoms with Crippen LogP contribution < -0.4 is 4.74 Å². The lowest BCUT2D eigenvalue weighted by Gasteiger charge is -2.40. The van der Waals surface area contributed by atoms with Crippen molar-refractivity contribution in [2.75, 3.05) is 12.4 Å². The van der Waals surface area contributed by atoms with Gasteiger partial charge in [0, 0.05) is 22.2 Å². The Balaban J connectivity index is 3.05. The summed E-state index contributed by atoms with van der Waals surface area (Å²) in [5, 5.41) is 0.989. The van der Waals surface area contributed by atoms with Gasteiger partial charge in [-0.2, -0.15) is 0 Å². The fraction of sp³-hybridized carbons (Fsp3) is 0.600. The van der Waals surface area contributed by atoms with Gasteiger partial charge in [0.1, 0.15) is 5.75 Å². The highest BCUT2D eigenvalue weighted by Gasteiger charge is 2.40. The monoisotopic (exact) mass is 574 g/mol. The van der Waals surface area contributed by atoms with Crippen molar-refractivity contribution in [1.82, 2.24) is 0 Å². The van der Waals surface area contributed by atoms with E-state index < -0.39 is 8.32 Å². The zero-order valence-electron chi connectivity index (χ0n) is 20.4. The zero-order chi connectivity index (χ0) is 23.8. The van der Waals surface area contributed by atoms with E-state index in [1.165, 1.54) is 5.57 Å². The number of methoxy groups -OCH3 is 1. The largest absolute Gasteiger partial charge is 0.497 e. The van der Waals surface area contributed by atoms with Gasteiger partial charge in [-0.3, -0.25) is 0 Å². The number of halogens is 2. The molecule has 0 fully saturated rings. The van der Waals surface area contributed by atoms with Crippen LogP contribution in [0.5, 0.6) is 5.75 Å². The molecule has 0 amide bonds. The molecule has 0 aliphatic rings. The highest BCUT2D eigenvalue weighted by Crippen LogP contribution is 2.39. The van der Waals surface area contributed by atoms with Crippen LogP contribution in [0.2, 0.25) is 18.1 Å². The molecule has 0 N–H and O–H groups in total. The molecule has 0 aromatic heterocycles. The summed E-state index contributed by atoms with van der Waals surface area (Å²) in [7, 11) is -0.274. The van der Waals surface area contributed by atoms with Gasteiger partial charge in [0.2, 0.25) is 0 Å². The van der Waals surface area contributed by atoms with Crippen molar-refractivity contribution >= 4 is 40.2 Å². The van der Waals surface area contributed by atoms with Gasteiger partial charge < -0.3 is 13.9 Å². The standard InChI is InChI=1S/C25H40Br2O3Si/c1-18(16-26)14-19(2)23(29-17-21-10-12-22(28-7)13-11-21)15-24(20(3)27)30-31(8,9)25(4,5)6/h10-14,19,23-24H,3,15-17H2,1-2,4-9H3/b18-14+/t19-,23+,24+/m1/s1. The van der Waals surface area contributed by atoms with Crippen molar-refractivity contribution < 1.29 is 13.9 Å². The van der Waals surface area contributed by atoms with Gasteiger partial charge in [-0.05, 0) is 42.8 Å². The number of allylic oxidation sites excluding steroid dienone is 1. The van der Waals surface area contributed by atoms with Crippen LogP contribution in [-0.2, 0) is 15.8 Å². The van der Waals surface area contributed by atoms with Gasteiger partial charge in [0.25, 0.3) is 0 Å². The lowest BCUT2D eigenvalue weighted by Crippen LogP contribution is -2.45. The van der Waals surface area contributed by atoms with Crippen molar-refractivity contribution in [3.63, 3.8) is 0 Å². The molecule has 0 bridgehead atoms. The van der Waals surface area contributed by atoms with Crippen LogP contribution >= 0.6 is 31.9 Å². The minimum absolute atomic E-state index is 0.000157. The van der Waals surface area contributed by atoms with Crippen LogP contribution in [0.4, 0.5) is 0 Å². The topological polar surface area (TPSA) is 27.7 Å². The van der Waals surface area contributed by atoms with Crippen molar-refractivity contribution in [2.24, 2.45) is 5.92 Å². The first kappa shape index (κ1) is 28.6. The third-order valence-corrected chi connectivity index (χ3v) is 11.9. The molecule has 6 heteroatoms. The second-order valence-electron chi connectivity index (χ2n) is 9.75. The molecule has 0 unspecified atom stereocenters. The maximum absolute atomic E-state index is 6.72. The molecule has 3 nitrogen and oxygen atoms in total. The fourth-order valence-corrected chi connectivity index (χ4v) is 4.89. The molecule has 0 saturated carbocycles. The summed E-state index contributed by atoms with van der Waals surface area (Å²) < 4.78 is 19.3. The molecule has 0 aliphatic heterocycles. The number of benzene rings is 1. The normalized spacial score (nSPS) is 16.0. The zero-order valence-corrected chi connectivity index (χ0v) is 24.6. The summed E-state index contributed by atoms with van der Waals surface area (Å²) in [4.78, 5) is 0. The Hall–Kier alpha value is -0.403. The minimum Gasteiger partial charge on any atom is -0.497 e. The van der Waals surface area contributed by atoms with Crippen LogP contribution in [-0.4, -0.2) is 33.0 Å². The molecule has 1 aromatic rings. The van der Waals surface area contributed by atoms with Gasteiger partial charge in [-0.25, -0.2) is 0 Å². The second-order valence-corrected chi connectivity index (χ2v) is 16.1. The van der Waals surface area contributed by atoms with E-state index in [-0.39, 0.29) is 23.2 Å². The molecule has 176 valence electrons. The summed E-state index contributed by atoms with van der Waals surface area (Å²) in [6.07, 6.45) is 2.94. The SMILES string of the molecule is C=C(Br)[C@H](C[C@H](OCc1ccc(OC)cc1)[C@H](C)/C=C(\C)CBr)O[Si](C)(C)C(C)(C)C. The number of rotatable bonds is 12. The maximum atomic E-state index is 6.72. The Morgan fingerprint density at radius 2 is 1.77 bits per heavy atom. The Bertz CT molecular complexity index is 723. The third kappa shape index (κ3) is 9.54. The predicted octanol–water partition coefficient (Wildman–Crippen LogP) is 8.25. The number of ether oxygens (including phenoxy) is 2. The molecular formula is C25H40Br2O3Si. The molecule has 3 atom stereocenters. The molecule has 1 aromatic carbocycles. The Labute approximate surface area is 208 Å². The molecule has 1 rings (SSSR count). The number of hydrogen-bond donors (Lipinski definition) is 0. The average Bonchev–Trinajstić information content (AvgIpc) is 2.69. The molecule has 0 aliphatic carbocycles. The van der Waals surface area contributed by atoms with Crippen molar-refractivity contribution in [1.29, 1.82) is 0 Å². The molecule has 0 heterocycles. The Morgan fingerprint density at radius 1 is 1.19 bits per heavy atom. The van der Waals surface area contributed by atoms with Gasteiger partial charge in [0.05, 0.1) is 25.9 Å². The quantitative estimate of drug-likeness (QED) is 0.143. The number of alkyl halides is 1. The summed E-state index contributed by atoms with van der Waals surface area (Å²) in [6, 6.07) is 8.03. The van der Waals surface area contributed by atoms with Gasteiger partial charge in [-0.15, -0.1) is 0 Å². The van der Waals surface area contributed by atoms with E-state index in [0.29, 0.717) is 6.61 Å². The predicted molar refractivity (Wildman–Crippen MR) is 143 cm³/mol. The van der Waals surface area contributed by atoms with E-state index in [9.17, 15) is 0 Å². The van der Waals surface area contributed by atoms with E-state index in [4.69, 9.17) is 13.9 Å². The Kier molecular flexibility index (Phi) is 11.8. The highest BCUT2D eigenvalue weighted by molar-refractivity contribution is 9.11. The Morgan fingerprint density at radius 3 is 2.23 bits per heavy atom. The van der Waals surface area contributed by atoms with Gasteiger partial charge >= 0.3 is 0 Å². The average molecular weight is 576 g/mol. The van der Waals surface area contributed by atoms with Crippen LogP contribution in [0.3, 0.4) is 0 Å². The maximum Gasteiger partial charge on any atom is 0.192 e. The van der Waals surface area contributed by atoms with Crippen LogP contribution in [0, 0.1) is 5.92 Å². The molecule has 0 spiro atoms. The van der Waals surface area contributed by atoms with E-state index in [1.54, 1.807) is 7.11 Å². The van der Waals surface area contributed by atoms with Crippen molar-refractivity contribution in [3.05, 3.63) is 52.5 Å². The smallest absolute Gasteiger partial charge is 0.192 e. The first-order valence-corrected chi connectivity index (χ1v) is 15.6. The first-order chi connectivity index (χ1) is 14.3. The highest BCUT2D eigenvalue weighted by atomic mass is 79.9. The molecule has 31 heavy (non-hydrogen) atoms. The van der Waals surface area contributed by atoms with E-state index >= 15 is 0 Å². The van der Waals surface area contributed by atoms with Gasteiger partial charge in [-0.1, -0.05) is 89.9 Å². The lowest BCUT2D eigenvalue weighted by molar-refractivity contribution is -0.00596. The second kappa shape index (κ2) is 12.7. The molecular weight excluding hydrogens is 536 g/mol. The van der Waals surface area contributed by atoms with E-state index in [0.717, 1.165) is 27.5 Å².